The van der Waals surface area contributed by atoms with E-state index in [9.17, 15) is 19.2 Å². The summed E-state index contributed by atoms with van der Waals surface area (Å²) in [5, 5.41) is 4.89. The Hall–Kier alpha value is -3.10. The van der Waals surface area contributed by atoms with Gasteiger partial charge in [-0.15, -0.1) is 0 Å². The van der Waals surface area contributed by atoms with Gasteiger partial charge >= 0.3 is 6.09 Å². The number of hydrogen-bond acceptors (Lipinski definition) is 6. The fraction of sp³-hybridized carbons (Fsp3) is 0.524. The average Bonchev–Trinajstić information content (AvgIpc) is 2.69. The van der Waals surface area contributed by atoms with Crippen LogP contribution in [0.4, 0.5) is 10.5 Å². The molecule has 9 heteroatoms. The van der Waals surface area contributed by atoms with Crippen LogP contribution in [0, 0.1) is 0 Å². The lowest BCUT2D eigenvalue weighted by Crippen LogP contribution is -2.52. The van der Waals surface area contributed by atoms with Crippen LogP contribution in [0.5, 0.6) is 0 Å². The predicted octanol–water partition coefficient (Wildman–Crippen LogP) is 1.28. The molecule has 162 valence electrons. The van der Waals surface area contributed by atoms with Gasteiger partial charge in [-0.2, -0.15) is 0 Å². The highest BCUT2D eigenvalue weighted by Crippen LogP contribution is 2.19. The molecule has 1 aromatic carbocycles. The molecule has 30 heavy (non-hydrogen) atoms. The third-order valence-corrected chi connectivity index (χ3v) is 4.97. The third kappa shape index (κ3) is 5.49. The fourth-order valence-corrected chi connectivity index (χ4v) is 3.37. The summed E-state index contributed by atoms with van der Waals surface area (Å²) in [4.78, 5) is 51.4. The molecule has 1 aromatic rings. The van der Waals surface area contributed by atoms with E-state index >= 15 is 0 Å². The number of hydrogen-bond donors (Lipinski definition) is 2. The van der Waals surface area contributed by atoms with E-state index in [-0.39, 0.29) is 24.3 Å². The maximum Gasteiger partial charge on any atom is 0.410 e. The lowest BCUT2D eigenvalue weighted by Gasteiger charge is -2.36. The second-order valence-corrected chi connectivity index (χ2v) is 8.48. The van der Waals surface area contributed by atoms with E-state index in [1.165, 1.54) is 0 Å². The number of imide groups is 1. The number of nitrogens with one attached hydrogen (secondary N) is 2. The Balaban J connectivity index is 1.52. The van der Waals surface area contributed by atoms with Crippen molar-refractivity contribution in [3.8, 4) is 0 Å². The first-order chi connectivity index (χ1) is 14.1. The van der Waals surface area contributed by atoms with Crippen LogP contribution in [-0.2, 0) is 14.3 Å². The number of anilines is 1. The van der Waals surface area contributed by atoms with Crippen LogP contribution in [0.3, 0.4) is 0 Å². The Labute approximate surface area is 175 Å². The van der Waals surface area contributed by atoms with Crippen molar-refractivity contribution in [2.75, 3.05) is 31.1 Å². The Morgan fingerprint density at radius 3 is 2.27 bits per heavy atom. The number of piperidine rings is 1. The average molecular weight is 416 g/mol. The molecule has 0 spiro atoms. The summed E-state index contributed by atoms with van der Waals surface area (Å²) in [6, 6.07) is 6.41. The monoisotopic (exact) mass is 416 g/mol. The first-order valence-corrected chi connectivity index (χ1v) is 10.1. The van der Waals surface area contributed by atoms with Gasteiger partial charge in [0.25, 0.3) is 5.91 Å². The van der Waals surface area contributed by atoms with Crippen molar-refractivity contribution in [1.82, 2.24) is 15.5 Å². The van der Waals surface area contributed by atoms with Gasteiger partial charge in [0, 0.05) is 43.9 Å². The number of amides is 4. The van der Waals surface area contributed by atoms with Crippen LogP contribution in [-0.4, -0.2) is 66.5 Å². The summed E-state index contributed by atoms with van der Waals surface area (Å²) in [6.07, 6.45) is 0.212. The first-order valence-electron chi connectivity index (χ1n) is 10.1. The second kappa shape index (κ2) is 8.73. The normalized spacial score (nSPS) is 19.9. The zero-order valence-corrected chi connectivity index (χ0v) is 17.6. The molecule has 0 aliphatic carbocycles. The minimum Gasteiger partial charge on any atom is -0.444 e. The van der Waals surface area contributed by atoms with E-state index in [0.29, 0.717) is 38.2 Å². The fourth-order valence-electron chi connectivity index (χ4n) is 3.37. The Kier molecular flexibility index (Phi) is 6.28. The summed E-state index contributed by atoms with van der Waals surface area (Å²) in [5.74, 6) is -1.15. The van der Waals surface area contributed by atoms with Crippen LogP contribution < -0.4 is 15.5 Å². The van der Waals surface area contributed by atoms with Gasteiger partial charge in [0.05, 0.1) is 0 Å². The largest absolute Gasteiger partial charge is 0.444 e. The predicted molar refractivity (Wildman–Crippen MR) is 110 cm³/mol. The lowest BCUT2D eigenvalue weighted by molar-refractivity contribution is -0.134. The van der Waals surface area contributed by atoms with Crippen molar-refractivity contribution in [3.63, 3.8) is 0 Å². The molecule has 4 amide bonds. The van der Waals surface area contributed by atoms with Gasteiger partial charge in [0.1, 0.15) is 11.6 Å². The van der Waals surface area contributed by atoms with Gasteiger partial charge in [-0.1, -0.05) is 0 Å². The van der Waals surface area contributed by atoms with Crippen molar-refractivity contribution in [2.45, 2.75) is 45.3 Å². The molecule has 3 rings (SSSR count). The molecular weight excluding hydrogens is 388 g/mol. The molecule has 0 bridgehead atoms. The number of rotatable bonds is 3. The van der Waals surface area contributed by atoms with Crippen LogP contribution in [0.25, 0.3) is 0 Å². The number of benzene rings is 1. The quantitative estimate of drug-likeness (QED) is 0.719. The summed E-state index contributed by atoms with van der Waals surface area (Å²) in [7, 11) is 0. The number of carbonyl (C=O) groups is 4. The van der Waals surface area contributed by atoms with Crippen molar-refractivity contribution in [3.05, 3.63) is 29.8 Å². The summed E-state index contributed by atoms with van der Waals surface area (Å²) in [6.45, 7) is 8.00. The van der Waals surface area contributed by atoms with E-state index in [4.69, 9.17) is 4.74 Å². The summed E-state index contributed by atoms with van der Waals surface area (Å²) >= 11 is 0. The van der Waals surface area contributed by atoms with E-state index in [1.54, 1.807) is 17.0 Å². The highest BCUT2D eigenvalue weighted by molar-refractivity contribution is 6.03. The summed E-state index contributed by atoms with van der Waals surface area (Å²) < 4.78 is 5.41. The van der Waals surface area contributed by atoms with Crippen LogP contribution in [0.2, 0.25) is 0 Å². The standard InChI is InChI=1S/C21H28N4O5/c1-21(2,3)30-20(29)25-12-10-24(11-13-25)15-6-4-14(5-7-15)18(27)22-16-8-9-17(26)23-19(16)28/h4-7,16H,8-13H2,1-3H3,(H,22,27)(H,23,26,28). The van der Waals surface area contributed by atoms with E-state index in [2.05, 4.69) is 15.5 Å². The number of ether oxygens (including phenoxy) is 1. The Morgan fingerprint density at radius 1 is 1.07 bits per heavy atom. The van der Waals surface area contributed by atoms with Gasteiger partial charge in [-0.05, 0) is 51.5 Å². The van der Waals surface area contributed by atoms with Crippen LogP contribution in [0.1, 0.15) is 44.0 Å². The van der Waals surface area contributed by atoms with Crippen LogP contribution in [0.15, 0.2) is 24.3 Å². The van der Waals surface area contributed by atoms with Crippen molar-refractivity contribution in [1.29, 1.82) is 0 Å². The third-order valence-electron chi connectivity index (χ3n) is 4.97. The molecular formula is C21H28N4O5. The van der Waals surface area contributed by atoms with Crippen molar-refractivity contribution in [2.24, 2.45) is 0 Å². The topological polar surface area (TPSA) is 108 Å². The number of nitrogens with zero attached hydrogens (tertiary/aromatic N) is 2. The van der Waals surface area contributed by atoms with E-state index < -0.39 is 17.6 Å². The van der Waals surface area contributed by atoms with Gasteiger partial charge in [0.15, 0.2) is 0 Å². The minimum absolute atomic E-state index is 0.213. The minimum atomic E-state index is -0.698. The molecule has 1 unspecified atom stereocenters. The van der Waals surface area contributed by atoms with Gasteiger partial charge in [-0.25, -0.2) is 4.79 Å². The van der Waals surface area contributed by atoms with Crippen molar-refractivity contribution >= 4 is 29.5 Å². The highest BCUT2D eigenvalue weighted by Gasteiger charge is 2.28. The zero-order chi connectivity index (χ0) is 21.9. The molecule has 0 aromatic heterocycles. The first kappa shape index (κ1) is 21.6. The lowest BCUT2D eigenvalue weighted by atomic mass is 10.1. The zero-order valence-electron chi connectivity index (χ0n) is 17.6. The van der Waals surface area contributed by atoms with E-state index in [1.807, 2.05) is 32.9 Å². The molecule has 2 aliphatic rings. The maximum atomic E-state index is 12.4. The second-order valence-electron chi connectivity index (χ2n) is 8.48. The Bertz CT molecular complexity index is 823. The molecule has 2 fully saturated rings. The molecule has 2 aliphatic heterocycles. The number of piperazine rings is 1. The molecule has 2 heterocycles. The number of carbonyl (C=O) groups excluding carboxylic acids is 4. The molecule has 2 saturated heterocycles. The molecule has 9 nitrogen and oxygen atoms in total. The smallest absolute Gasteiger partial charge is 0.410 e. The molecule has 2 N–H and O–H groups in total. The maximum absolute atomic E-state index is 12.4. The molecule has 1 atom stereocenters. The van der Waals surface area contributed by atoms with Gasteiger partial charge in [-0.3, -0.25) is 19.7 Å². The van der Waals surface area contributed by atoms with Crippen molar-refractivity contribution < 1.29 is 23.9 Å². The molecule has 0 radical (unpaired) electrons. The summed E-state index contributed by atoms with van der Waals surface area (Å²) in [5.41, 5.74) is 0.880. The Morgan fingerprint density at radius 2 is 1.70 bits per heavy atom. The van der Waals surface area contributed by atoms with Gasteiger partial charge < -0.3 is 19.9 Å². The van der Waals surface area contributed by atoms with E-state index in [0.717, 1.165) is 5.69 Å². The molecule has 0 saturated carbocycles. The highest BCUT2D eigenvalue weighted by atomic mass is 16.6. The van der Waals surface area contributed by atoms with Gasteiger partial charge in [0.2, 0.25) is 11.8 Å². The SMILES string of the molecule is CC(C)(C)OC(=O)N1CCN(c2ccc(C(=O)NC3CCC(=O)NC3=O)cc2)CC1. The van der Waals surface area contributed by atoms with Crippen LogP contribution >= 0.6 is 0 Å².